The van der Waals surface area contributed by atoms with E-state index in [1.165, 1.54) is 10.9 Å². The Morgan fingerprint density at radius 2 is 1.74 bits per heavy atom. The number of carboxylic acid groups (broad SMARTS) is 1. The van der Waals surface area contributed by atoms with E-state index in [1.54, 1.807) is 13.1 Å². The van der Waals surface area contributed by atoms with Crippen LogP contribution in [-0.2, 0) is 21.4 Å². The van der Waals surface area contributed by atoms with E-state index >= 15 is 0 Å². The number of nitrogens with zero attached hydrogens (tertiary/aromatic N) is 2. The number of benzene rings is 2. The summed E-state index contributed by atoms with van der Waals surface area (Å²) in [6, 6.07) is 16.5. The Labute approximate surface area is 195 Å². The van der Waals surface area contributed by atoms with Crippen LogP contribution in [0.15, 0.2) is 60.8 Å². The van der Waals surface area contributed by atoms with E-state index in [4.69, 9.17) is 9.84 Å². The number of ether oxygens (including phenoxy) is 1. The molecule has 0 saturated heterocycles. The van der Waals surface area contributed by atoms with Crippen molar-refractivity contribution in [2.75, 3.05) is 13.2 Å². The summed E-state index contributed by atoms with van der Waals surface area (Å²) in [5.41, 5.74) is 4.81. The Morgan fingerprint density at radius 3 is 2.32 bits per heavy atom. The number of alkyl carbamates (subject to hydrolysis) is 1. The molecule has 0 spiro atoms. The van der Waals surface area contributed by atoms with Crippen molar-refractivity contribution in [2.24, 2.45) is 7.05 Å². The minimum Gasteiger partial charge on any atom is -0.472 e. The fraction of sp³-hybridized carbons (Fsp3) is 0.200. The van der Waals surface area contributed by atoms with Crippen LogP contribution in [0.1, 0.15) is 28.8 Å². The monoisotopic (exact) mass is 458 g/mol. The summed E-state index contributed by atoms with van der Waals surface area (Å²) in [6.45, 7) is -0.0878. The van der Waals surface area contributed by atoms with Gasteiger partial charge in [-0.15, -0.1) is 0 Å². The van der Waals surface area contributed by atoms with Crippen molar-refractivity contribution in [3.63, 3.8) is 0 Å². The van der Waals surface area contributed by atoms with Crippen LogP contribution in [0, 0.1) is 11.8 Å². The van der Waals surface area contributed by atoms with E-state index in [1.807, 2.05) is 54.5 Å². The molecule has 9 heteroatoms. The third-order valence-corrected chi connectivity index (χ3v) is 5.57. The van der Waals surface area contributed by atoms with Gasteiger partial charge in [0.25, 0.3) is 0 Å². The standard InChI is InChI=1S/C25H22N4O5/c1-29-21(12-14-27-29)23(24(32)26-13-6-11-22(30)31)28-25(33)34-15-20-18-9-4-2-7-16(18)17-8-3-5-10-19(17)20/h2-5,7-10,12,14,20,23H,13,15H2,1H3,(H,26,32)(H,28,33)(H,30,31). The number of nitrogens with one attached hydrogen (secondary N) is 2. The molecule has 0 radical (unpaired) electrons. The smallest absolute Gasteiger partial charge is 0.408 e. The van der Waals surface area contributed by atoms with Crippen LogP contribution in [0.2, 0.25) is 0 Å². The van der Waals surface area contributed by atoms with Gasteiger partial charge in [-0.1, -0.05) is 54.5 Å². The van der Waals surface area contributed by atoms with E-state index in [0.29, 0.717) is 5.69 Å². The number of amides is 2. The van der Waals surface area contributed by atoms with Crippen molar-refractivity contribution < 1.29 is 24.2 Å². The molecule has 172 valence electrons. The normalized spacial score (nSPS) is 12.5. The zero-order valence-corrected chi connectivity index (χ0v) is 18.3. The molecule has 3 aromatic rings. The lowest BCUT2D eigenvalue weighted by atomic mass is 9.98. The Bertz CT molecular complexity index is 1260. The van der Waals surface area contributed by atoms with E-state index < -0.39 is 24.0 Å². The van der Waals surface area contributed by atoms with E-state index in [0.717, 1.165) is 22.3 Å². The lowest BCUT2D eigenvalue weighted by molar-refractivity contribution is -0.130. The highest BCUT2D eigenvalue weighted by Gasteiger charge is 2.30. The van der Waals surface area contributed by atoms with Crippen molar-refractivity contribution in [1.82, 2.24) is 20.4 Å². The lowest BCUT2D eigenvalue weighted by Gasteiger charge is -2.19. The number of fused-ring (bicyclic) bond motifs is 3. The maximum Gasteiger partial charge on any atom is 0.408 e. The Morgan fingerprint density at radius 1 is 1.09 bits per heavy atom. The maximum atomic E-state index is 12.7. The van der Waals surface area contributed by atoms with Gasteiger partial charge in [-0.25, -0.2) is 9.59 Å². The molecule has 1 aliphatic carbocycles. The highest BCUT2D eigenvalue weighted by Crippen LogP contribution is 2.44. The van der Waals surface area contributed by atoms with Gasteiger partial charge in [0.1, 0.15) is 6.61 Å². The van der Waals surface area contributed by atoms with Gasteiger partial charge in [0.15, 0.2) is 6.04 Å². The summed E-state index contributed by atoms with van der Waals surface area (Å²) >= 11 is 0. The van der Waals surface area contributed by atoms with E-state index in [-0.39, 0.29) is 19.1 Å². The van der Waals surface area contributed by atoms with Crippen molar-refractivity contribution in [2.45, 2.75) is 12.0 Å². The molecule has 0 fully saturated rings. The summed E-state index contributed by atoms with van der Waals surface area (Å²) in [5, 5.41) is 17.7. The molecule has 3 N–H and O–H groups in total. The zero-order chi connectivity index (χ0) is 24.1. The lowest BCUT2D eigenvalue weighted by Crippen LogP contribution is -2.42. The van der Waals surface area contributed by atoms with E-state index in [2.05, 4.69) is 21.7 Å². The van der Waals surface area contributed by atoms with Gasteiger partial charge in [-0.2, -0.15) is 5.10 Å². The van der Waals surface area contributed by atoms with Crippen molar-refractivity contribution in [3.05, 3.63) is 77.6 Å². The largest absolute Gasteiger partial charge is 0.472 e. The molecule has 0 aliphatic heterocycles. The first-order chi connectivity index (χ1) is 16.5. The topological polar surface area (TPSA) is 123 Å². The van der Waals surface area contributed by atoms with Gasteiger partial charge in [-0.05, 0) is 28.3 Å². The Balaban J connectivity index is 1.45. The SMILES string of the molecule is Cn1nccc1C(NC(=O)OCC1c2ccccc2-c2ccccc21)C(=O)NCC#CC(=O)O. The number of aliphatic carboxylic acids is 1. The van der Waals surface area contributed by atoms with Crippen molar-refractivity contribution >= 4 is 18.0 Å². The fourth-order valence-corrected chi connectivity index (χ4v) is 4.05. The summed E-state index contributed by atoms with van der Waals surface area (Å²) in [4.78, 5) is 36.0. The predicted molar refractivity (Wildman–Crippen MR) is 123 cm³/mol. The minimum absolute atomic E-state index is 0.101. The second-order valence-corrected chi connectivity index (χ2v) is 7.61. The third-order valence-electron chi connectivity index (χ3n) is 5.57. The van der Waals surface area contributed by atoms with Gasteiger partial charge in [-0.3, -0.25) is 9.48 Å². The third kappa shape index (κ3) is 4.76. The second kappa shape index (κ2) is 9.92. The first-order valence-corrected chi connectivity index (χ1v) is 10.5. The minimum atomic E-state index is -1.30. The number of aryl methyl sites for hydroxylation is 1. The highest BCUT2D eigenvalue weighted by molar-refractivity contribution is 5.88. The van der Waals surface area contributed by atoms with Crippen LogP contribution in [0.4, 0.5) is 4.79 Å². The van der Waals surface area contributed by atoms with Crippen molar-refractivity contribution in [1.29, 1.82) is 0 Å². The number of rotatable bonds is 6. The summed E-state index contributed by atoms with van der Waals surface area (Å²) in [5.74, 6) is 2.25. The number of carboxylic acids is 1. The van der Waals surface area contributed by atoms with Crippen LogP contribution >= 0.6 is 0 Å². The molecule has 0 bridgehead atoms. The van der Waals surface area contributed by atoms with Crippen LogP contribution in [0.3, 0.4) is 0 Å². The van der Waals surface area contributed by atoms with Crippen molar-refractivity contribution in [3.8, 4) is 23.0 Å². The van der Waals surface area contributed by atoms with Crippen LogP contribution < -0.4 is 10.6 Å². The number of aromatic nitrogens is 2. The van der Waals surface area contributed by atoms with Gasteiger partial charge in [0.05, 0.1) is 12.2 Å². The number of hydrogen-bond donors (Lipinski definition) is 3. The van der Waals surface area contributed by atoms with Gasteiger partial charge in [0.2, 0.25) is 5.91 Å². The molecule has 1 aliphatic rings. The zero-order valence-electron chi connectivity index (χ0n) is 18.3. The average Bonchev–Trinajstić information content (AvgIpc) is 3.39. The maximum absolute atomic E-state index is 12.7. The molecule has 1 atom stereocenters. The highest BCUT2D eigenvalue weighted by atomic mass is 16.5. The molecule has 9 nitrogen and oxygen atoms in total. The average molecular weight is 458 g/mol. The molecule has 1 heterocycles. The molecule has 1 unspecified atom stereocenters. The summed E-state index contributed by atoms with van der Waals surface area (Å²) in [6.07, 6.45) is 0.735. The van der Waals surface area contributed by atoms with Gasteiger partial charge < -0.3 is 20.5 Å². The van der Waals surface area contributed by atoms with Crippen LogP contribution in [-0.4, -0.2) is 46.0 Å². The second-order valence-electron chi connectivity index (χ2n) is 7.61. The summed E-state index contributed by atoms with van der Waals surface area (Å²) < 4.78 is 7.01. The molecule has 34 heavy (non-hydrogen) atoms. The molecular weight excluding hydrogens is 436 g/mol. The number of carbonyl (C=O) groups is 3. The molecule has 1 aromatic heterocycles. The molecule has 4 rings (SSSR count). The Kier molecular flexibility index (Phi) is 6.59. The molecule has 2 aromatic carbocycles. The first kappa shape index (κ1) is 22.6. The summed E-state index contributed by atoms with van der Waals surface area (Å²) in [7, 11) is 1.64. The molecular formula is C25H22N4O5. The number of hydrogen-bond acceptors (Lipinski definition) is 5. The first-order valence-electron chi connectivity index (χ1n) is 10.5. The Hall–Kier alpha value is -4.58. The van der Waals surface area contributed by atoms with Gasteiger partial charge >= 0.3 is 12.1 Å². The predicted octanol–water partition coefficient (Wildman–Crippen LogP) is 2.20. The quantitative estimate of drug-likeness (QED) is 0.487. The van der Waals surface area contributed by atoms with Crippen LogP contribution in [0.25, 0.3) is 11.1 Å². The molecule has 2 amide bonds. The molecule has 0 saturated carbocycles. The van der Waals surface area contributed by atoms with Gasteiger partial charge in [0, 0.05) is 25.1 Å². The van der Waals surface area contributed by atoms with Crippen LogP contribution in [0.5, 0.6) is 0 Å². The fourth-order valence-electron chi connectivity index (χ4n) is 4.05. The van der Waals surface area contributed by atoms with E-state index in [9.17, 15) is 14.4 Å². The number of carbonyl (C=O) groups excluding carboxylic acids is 2.